The summed E-state index contributed by atoms with van der Waals surface area (Å²) in [6.07, 6.45) is 2.49. The second-order valence-corrected chi connectivity index (χ2v) is 11.2. The van der Waals surface area contributed by atoms with Crippen LogP contribution < -0.4 is 4.72 Å². The Morgan fingerprint density at radius 3 is 1.91 bits per heavy atom. The lowest BCUT2D eigenvalue weighted by Crippen LogP contribution is -2.48. The largest absolute Gasteiger partial charge is 0.395 e. The summed E-state index contributed by atoms with van der Waals surface area (Å²) >= 11 is 12.2. The number of benzene rings is 2. The Kier molecular flexibility index (Phi) is 10.4. The van der Waals surface area contributed by atoms with Gasteiger partial charge >= 0.3 is 0 Å². The molecular formula is C24H33Cl2N3O3S. The average molecular weight is 515 g/mol. The molecule has 1 saturated heterocycles. The Balaban J connectivity index is 1.50. The molecule has 0 aliphatic carbocycles. The van der Waals surface area contributed by atoms with Crippen LogP contribution in [0, 0.1) is 0 Å². The van der Waals surface area contributed by atoms with Gasteiger partial charge in [0.05, 0.1) is 18.4 Å². The first-order valence-corrected chi connectivity index (χ1v) is 13.8. The van der Waals surface area contributed by atoms with Gasteiger partial charge in [0.15, 0.2) is 0 Å². The summed E-state index contributed by atoms with van der Waals surface area (Å²) in [4.78, 5) is 4.96. The highest BCUT2D eigenvalue weighted by molar-refractivity contribution is 7.89. The number of unbranched alkanes of at least 4 members (excludes halogenated alkanes) is 2. The van der Waals surface area contributed by atoms with Crippen LogP contribution in [0.2, 0.25) is 10.0 Å². The molecule has 9 heteroatoms. The molecule has 1 aliphatic heterocycles. The van der Waals surface area contributed by atoms with Crippen molar-refractivity contribution in [1.29, 1.82) is 0 Å². The van der Waals surface area contributed by atoms with Crippen LogP contribution in [0.25, 0.3) is 0 Å². The van der Waals surface area contributed by atoms with Gasteiger partial charge in [0, 0.05) is 42.8 Å². The summed E-state index contributed by atoms with van der Waals surface area (Å²) in [6, 6.07) is 16.3. The lowest BCUT2D eigenvalue weighted by atomic mass is 9.96. The molecule has 0 atom stereocenters. The van der Waals surface area contributed by atoms with Crippen LogP contribution >= 0.6 is 23.2 Å². The summed E-state index contributed by atoms with van der Waals surface area (Å²) in [6.45, 7) is 4.75. The first kappa shape index (κ1) is 26.4. The number of sulfonamides is 1. The maximum Gasteiger partial charge on any atom is 0.211 e. The number of aliphatic hydroxyl groups excluding tert-OH is 1. The second kappa shape index (κ2) is 13.0. The van der Waals surface area contributed by atoms with Crippen molar-refractivity contribution in [3.05, 3.63) is 69.7 Å². The van der Waals surface area contributed by atoms with E-state index in [0.29, 0.717) is 6.42 Å². The summed E-state index contributed by atoms with van der Waals surface area (Å²) in [5, 5.41) is 10.2. The highest BCUT2D eigenvalue weighted by Gasteiger charge is 2.26. The third-order valence-corrected chi connectivity index (χ3v) is 7.94. The molecule has 0 radical (unpaired) electrons. The van der Waals surface area contributed by atoms with E-state index in [1.54, 1.807) is 0 Å². The molecule has 0 aromatic heterocycles. The van der Waals surface area contributed by atoms with Gasteiger partial charge in [-0.15, -0.1) is 0 Å². The first-order valence-electron chi connectivity index (χ1n) is 11.4. The second-order valence-electron chi connectivity index (χ2n) is 8.38. The molecule has 1 heterocycles. The summed E-state index contributed by atoms with van der Waals surface area (Å²) in [5.41, 5.74) is 2.43. The number of aliphatic hydroxyl groups is 1. The summed E-state index contributed by atoms with van der Waals surface area (Å²) in [5.74, 6) is 0.116. The smallest absolute Gasteiger partial charge is 0.211 e. The van der Waals surface area contributed by atoms with Crippen molar-refractivity contribution in [1.82, 2.24) is 14.5 Å². The van der Waals surface area contributed by atoms with Crippen molar-refractivity contribution < 1.29 is 13.5 Å². The van der Waals surface area contributed by atoms with Crippen molar-refractivity contribution in [2.75, 3.05) is 51.6 Å². The topological polar surface area (TPSA) is 72.9 Å². The quantitative estimate of drug-likeness (QED) is 0.422. The van der Waals surface area contributed by atoms with Crippen LogP contribution in [0.3, 0.4) is 0 Å². The van der Waals surface area contributed by atoms with Crippen LogP contribution in [0.5, 0.6) is 0 Å². The van der Waals surface area contributed by atoms with E-state index in [9.17, 15) is 8.42 Å². The highest BCUT2D eigenvalue weighted by atomic mass is 35.5. The van der Waals surface area contributed by atoms with E-state index >= 15 is 0 Å². The van der Waals surface area contributed by atoms with Gasteiger partial charge in [-0.2, -0.15) is 0 Å². The molecule has 33 heavy (non-hydrogen) atoms. The van der Waals surface area contributed by atoms with Crippen LogP contribution in [-0.2, 0) is 10.0 Å². The molecule has 6 nitrogen and oxygen atoms in total. The Bertz CT molecular complexity index is 902. The molecule has 0 spiro atoms. The molecule has 1 fully saturated rings. The average Bonchev–Trinajstić information content (AvgIpc) is 2.81. The zero-order valence-electron chi connectivity index (χ0n) is 18.8. The Hall–Kier alpha value is -1.19. The molecule has 0 amide bonds. The van der Waals surface area contributed by atoms with E-state index in [1.165, 1.54) is 11.1 Å². The lowest BCUT2D eigenvalue weighted by Gasteiger charge is -2.40. The van der Waals surface area contributed by atoms with Gasteiger partial charge in [-0.3, -0.25) is 4.90 Å². The van der Waals surface area contributed by atoms with Crippen molar-refractivity contribution in [2.24, 2.45) is 0 Å². The molecular weight excluding hydrogens is 481 g/mol. The monoisotopic (exact) mass is 513 g/mol. The number of rotatable bonds is 12. The Morgan fingerprint density at radius 1 is 0.848 bits per heavy atom. The van der Waals surface area contributed by atoms with Crippen LogP contribution in [0.1, 0.15) is 36.4 Å². The van der Waals surface area contributed by atoms with Gasteiger partial charge in [0.1, 0.15) is 0 Å². The van der Waals surface area contributed by atoms with Crippen molar-refractivity contribution in [3.8, 4) is 0 Å². The third-order valence-electron chi connectivity index (χ3n) is 5.96. The predicted molar refractivity (Wildman–Crippen MR) is 135 cm³/mol. The summed E-state index contributed by atoms with van der Waals surface area (Å²) in [7, 11) is -3.27. The molecule has 2 N–H and O–H groups in total. The standard InChI is InChI=1S/C24H33Cl2N3O3S/c25-22-8-4-20(5-9-22)24(21-6-10-23(26)11-7-21)29-16-14-28(15-17-29)13-2-1-3-19-33(31,32)27-12-18-30/h4-11,24,27,30H,1-3,12-19H2. The fourth-order valence-corrected chi connectivity index (χ4v) is 5.61. The summed E-state index contributed by atoms with van der Waals surface area (Å²) < 4.78 is 25.9. The minimum atomic E-state index is -3.27. The minimum absolute atomic E-state index is 0.0830. The van der Waals surface area contributed by atoms with Crippen LogP contribution in [0.4, 0.5) is 0 Å². The molecule has 0 unspecified atom stereocenters. The first-order chi connectivity index (χ1) is 15.9. The van der Waals surface area contributed by atoms with Crippen molar-refractivity contribution in [3.63, 3.8) is 0 Å². The number of nitrogens with zero attached hydrogens (tertiary/aromatic N) is 2. The van der Waals surface area contributed by atoms with Crippen molar-refractivity contribution >= 4 is 33.2 Å². The normalized spacial score (nSPS) is 15.9. The number of hydrogen-bond acceptors (Lipinski definition) is 5. The molecule has 1 aliphatic rings. The maximum absolute atomic E-state index is 11.8. The molecule has 0 saturated carbocycles. The fourth-order valence-electron chi connectivity index (χ4n) is 4.23. The van der Waals surface area contributed by atoms with Gasteiger partial charge in [-0.25, -0.2) is 13.1 Å². The van der Waals surface area contributed by atoms with E-state index in [4.69, 9.17) is 28.3 Å². The molecule has 3 rings (SSSR count). The van der Waals surface area contributed by atoms with Crippen LogP contribution in [-0.4, -0.2) is 75.0 Å². The Morgan fingerprint density at radius 2 is 1.39 bits per heavy atom. The zero-order valence-corrected chi connectivity index (χ0v) is 21.1. The van der Waals surface area contributed by atoms with E-state index in [2.05, 4.69) is 38.8 Å². The van der Waals surface area contributed by atoms with Gasteiger partial charge in [0.25, 0.3) is 0 Å². The minimum Gasteiger partial charge on any atom is -0.395 e. The molecule has 182 valence electrons. The number of hydrogen-bond donors (Lipinski definition) is 2. The van der Waals surface area contributed by atoms with Gasteiger partial charge in [0.2, 0.25) is 10.0 Å². The molecule has 2 aromatic rings. The van der Waals surface area contributed by atoms with Crippen molar-refractivity contribution in [2.45, 2.75) is 25.3 Å². The van der Waals surface area contributed by atoms with E-state index in [0.717, 1.165) is 55.6 Å². The number of nitrogens with one attached hydrogen (secondary N) is 1. The van der Waals surface area contributed by atoms with E-state index < -0.39 is 10.0 Å². The fraction of sp³-hybridized carbons (Fsp3) is 0.500. The van der Waals surface area contributed by atoms with Gasteiger partial charge < -0.3 is 10.0 Å². The number of halogens is 2. The third kappa shape index (κ3) is 8.51. The van der Waals surface area contributed by atoms with Crippen LogP contribution in [0.15, 0.2) is 48.5 Å². The van der Waals surface area contributed by atoms with Gasteiger partial charge in [-0.1, -0.05) is 53.9 Å². The Labute approximate surface area is 207 Å². The van der Waals surface area contributed by atoms with E-state index in [1.807, 2.05) is 24.3 Å². The molecule has 0 bridgehead atoms. The number of piperazine rings is 1. The SMILES string of the molecule is O=S(=O)(CCCCCN1CCN(C(c2ccc(Cl)cc2)c2ccc(Cl)cc2)CC1)NCCO. The maximum atomic E-state index is 11.8. The predicted octanol–water partition coefficient (Wildman–Crippen LogP) is 3.78. The lowest BCUT2D eigenvalue weighted by molar-refractivity contribution is 0.108. The molecule has 2 aromatic carbocycles. The van der Waals surface area contributed by atoms with Gasteiger partial charge in [-0.05, 0) is 54.8 Å². The highest BCUT2D eigenvalue weighted by Crippen LogP contribution is 2.31. The van der Waals surface area contributed by atoms with E-state index in [-0.39, 0.29) is 24.9 Å². The zero-order chi connectivity index (χ0) is 23.7.